The van der Waals surface area contributed by atoms with E-state index in [1.54, 1.807) is 12.1 Å². The molecule has 0 aromatic heterocycles. The molecule has 3 aliphatic rings. The number of imide groups is 1. The second kappa shape index (κ2) is 10.1. The average Bonchev–Trinajstić information content (AvgIpc) is 3.05. The first-order valence-electron chi connectivity index (χ1n) is 12.0. The minimum Gasteiger partial charge on any atom is -0.352 e. The van der Waals surface area contributed by atoms with Gasteiger partial charge in [-0.2, -0.15) is 5.01 Å². The summed E-state index contributed by atoms with van der Waals surface area (Å²) in [5.41, 5.74) is 2.41. The van der Waals surface area contributed by atoms with Crippen molar-refractivity contribution in [2.75, 3.05) is 19.6 Å². The summed E-state index contributed by atoms with van der Waals surface area (Å²) < 4.78 is 13.0. The van der Waals surface area contributed by atoms with Gasteiger partial charge in [-0.25, -0.2) is 9.18 Å². The van der Waals surface area contributed by atoms with Gasteiger partial charge in [0, 0.05) is 12.5 Å². The summed E-state index contributed by atoms with van der Waals surface area (Å²) >= 11 is 0. The lowest BCUT2D eigenvalue weighted by Crippen LogP contribution is -2.53. The first-order chi connectivity index (χ1) is 16.3. The number of halogens is 1. The monoisotopic (exact) mass is 473 g/mol. The minimum atomic E-state index is -0.892. The van der Waals surface area contributed by atoms with Gasteiger partial charge in [0.05, 0.1) is 6.54 Å². The predicted molar refractivity (Wildman–Crippen MR) is 121 cm³/mol. The highest BCUT2D eigenvalue weighted by Gasteiger charge is 2.52. The van der Waals surface area contributed by atoms with Crippen molar-refractivity contribution in [3.63, 3.8) is 0 Å². The average molecular weight is 474 g/mol. The van der Waals surface area contributed by atoms with Gasteiger partial charge in [-0.1, -0.05) is 19.1 Å². The van der Waals surface area contributed by atoms with Crippen LogP contribution in [0.2, 0.25) is 0 Å². The van der Waals surface area contributed by atoms with Crippen LogP contribution in [0.25, 0.3) is 0 Å². The molecule has 2 heterocycles. The Hall–Kier alpha value is -3.01. The highest BCUT2D eigenvalue weighted by Crippen LogP contribution is 2.35. The zero-order chi connectivity index (χ0) is 24.3. The Kier molecular flexibility index (Phi) is 7.16. The highest BCUT2D eigenvalue weighted by atomic mass is 19.1. The van der Waals surface area contributed by atoms with Gasteiger partial charge in [-0.05, 0) is 75.2 Å². The molecule has 3 N–H and O–H groups in total. The van der Waals surface area contributed by atoms with E-state index < -0.39 is 17.5 Å². The zero-order valence-electron chi connectivity index (χ0n) is 19.4. The fourth-order valence-electron chi connectivity index (χ4n) is 4.97. The Balaban J connectivity index is 1.20. The van der Waals surface area contributed by atoms with Crippen LogP contribution in [0.5, 0.6) is 0 Å². The van der Waals surface area contributed by atoms with Crippen LogP contribution in [0, 0.1) is 17.7 Å². The van der Waals surface area contributed by atoms with E-state index in [9.17, 15) is 23.6 Å². The van der Waals surface area contributed by atoms with E-state index in [1.165, 1.54) is 12.1 Å². The molecule has 0 bridgehead atoms. The maximum Gasteiger partial charge on any atom is 0.344 e. The van der Waals surface area contributed by atoms with Crippen LogP contribution in [-0.4, -0.2) is 58.8 Å². The van der Waals surface area contributed by atoms with Gasteiger partial charge >= 0.3 is 6.03 Å². The number of benzene rings is 1. The molecule has 10 heteroatoms. The molecule has 5 amide bonds. The third kappa shape index (κ3) is 5.38. The number of piperidine rings is 1. The molecular formula is C24H32FN5O4. The molecule has 1 saturated carbocycles. The molecule has 4 rings (SSSR count). The molecule has 2 saturated heterocycles. The summed E-state index contributed by atoms with van der Waals surface area (Å²) in [4.78, 5) is 52.2. The van der Waals surface area contributed by atoms with Crippen LogP contribution < -0.4 is 16.1 Å². The number of nitrogens with one attached hydrogen (secondary N) is 3. The number of amides is 5. The van der Waals surface area contributed by atoms with Gasteiger partial charge in [0.2, 0.25) is 5.91 Å². The van der Waals surface area contributed by atoms with Crippen LogP contribution >= 0.6 is 0 Å². The number of nitrogens with zero attached hydrogens (tertiary/aromatic N) is 2. The highest BCUT2D eigenvalue weighted by molar-refractivity contribution is 6.08. The van der Waals surface area contributed by atoms with E-state index in [0.717, 1.165) is 23.4 Å². The van der Waals surface area contributed by atoms with Gasteiger partial charge in [0.25, 0.3) is 11.8 Å². The fourth-order valence-corrected chi connectivity index (χ4v) is 4.97. The quantitative estimate of drug-likeness (QED) is 0.545. The third-order valence-electron chi connectivity index (χ3n) is 7.23. The number of urea groups is 1. The van der Waals surface area contributed by atoms with Crippen molar-refractivity contribution in [2.24, 2.45) is 11.8 Å². The maximum absolute atomic E-state index is 13.0. The van der Waals surface area contributed by atoms with Gasteiger partial charge in [-0.3, -0.25) is 24.7 Å². The lowest BCUT2D eigenvalue weighted by Gasteiger charge is -2.33. The third-order valence-corrected chi connectivity index (χ3v) is 7.23. The fraction of sp³-hybridized carbons (Fsp3) is 0.583. The Labute approximate surface area is 198 Å². The summed E-state index contributed by atoms with van der Waals surface area (Å²) in [7, 11) is 0. The molecule has 9 nitrogen and oxygen atoms in total. The number of carbonyl (C=O) groups excluding carboxylic acids is 4. The van der Waals surface area contributed by atoms with Crippen molar-refractivity contribution in [3.05, 3.63) is 35.6 Å². The number of hydrazine groups is 1. The van der Waals surface area contributed by atoms with Gasteiger partial charge in [0.15, 0.2) is 0 Å². The lowest BCUT2D eigenvalue weighted by molar-refractivity contribution is -0.140. The predicted octanol–water partition coefficient (Wildman–Crippen LogP) is 1.69. The van der Waals surface area contributed by atoms with Gasteiger partial charge < -0.3 is 10.6 Å². The Morgan fingerprint density at radius 3 is 2.38 bits per heavy atom. The van der Waals surface area contributed by atoms with E-state index in [-0.39, 0.29) is 30.1 Å². The first-order valence-corrected chi connectivity index (χ1v) is 12.0. The molecule has 34 heavy (non-hydrogen) atoms. The van der Waals surface area contributed by atoms with E-state index in [1.807, 2.05) is 4.90 Å². The van der Waals surface area contributed by atoms with E-state index in [0.29, 0.717) is 51.2 Å². The summed E-state index contributed by atoms with van der Waals surface area (Å²) in [5.74, 6) is -0.812. The Bertz CT molecular complexity index is 937. The molecule has 1 spiro atoms. The van der Waals surface area contributed by atoms with E-state index >= 15 is 0 Å². The smallest absolute Gasteiger partial charge is 0.344 e. The molecule has 3 fully saturated rings. The van der Waals surface area contributed by atoms with Crippen LogP contribution in [0.15, 0.2) is 24.3 Å². The Morgan fingerprint density at radius 1 is 1.09 bits per heavy atom. The van der Waals surface area contributed by atoms with E-state index in [2.05, 4.69) is 23.0 Å². The SMILES string of the molecule is CC1CCC2(CC1)NC(=O)N(NC(=O)CN1CCC(C(=O)NCc3ccc(F)cc3)CC1)C2=O. The molecule has 0 unspecified atom stereocenters. The first kappa shape index (κ1) is 24.1. The van der Waals surface area contributed by atoms with Crippen molar-refractivity contribution in [1.29, 1.82) is 0 Å². The number of carbonyl (C=O) groups is 4. The van der Waals surface area contributed by atoms with Crippen molar-refractivity contribution in [3.8, 4) is 0 Å². The van der Waals surface area contributed by atoms with Crippen LogP contribution in [0.4, 0.5) is 9.18 Å². The van der Waals surface area contributed by atoms with Crippen LogP contribution in [0.3, 0.4) is 0 Å². The normalized spacial score (nSPS) is 25.9. The van der Waals surface area contributed by atoms with Crippen LogP contribution in [0.1, 0.15) is 51.0 Å². The van der Waals surface area contributed by atoms with Crippen molar-refractivity contribution < 1.29 is 23.6 Å². The van der Waals surface area contributed by atoms with Gasteiger partial charge in [0.1, 0.15) is 11.4 Å². The maximum atomic E-state index is 13.0. The van der Waals surface area contributed by atoms with Crippen molar-refractivity contribution >= 4 is 23.8 Å². The number of hydrogen-bond acceptors (Lipinski definition) is 5. The summed E-state index contributed by atoms with van der Waals surface area (Å²) in [6.07, 6.45) is 4.10. The summed E-state index contributed by atoms with van der Waals surface area (Å²) in [5, 5.41) is 6.50. The topological polar surface area (TPSA) is 111 Å². The zero-order valence-corrected chi connectivity index (χ0v) is 19.4. The molecule has 1 aromatic rings. The van der Waals surface area contributed by atoms with Crippen molar-refractivity contribution in [2.45, 2.75) is 57.5 Å². The number of hydrogen-bond donors (Lipinski definition) is 3. The molecule has 1 aromatic carbocycles. The summed E-state index contributed by atoms with van der Waals surface area (Å²) in [6.45, 7) is 3.64. The number of likely N-dealkylation sites (tertiary alicyclic amines) is 1. The second-order valence-corrected chi connectivity index (χ2v) is 9.77. The lowest BCUT2D eigenvalue weighted by atomic mass is 9.77. The van der Waals surface area contributed by atoms with E-state index in [4.69, 9.17) is 0 Å². The molecule has 184 valence electrons. The molecule has 1 aliphatic carbocycles. The molecule has 2 aliphatic heterocycles. The Morgan fingerprint density at radius 2 is 1.74 bits per heavy atom. The molecular weight excluding hydrogens is 441 g/mol. The summed E-state index contributed by atoms with van der Waals surface area (Å²) in [6, 6.07) is 5.42. The second-order valence-electron chi connectivity index (χ2n) is 9.77. The van der Waals surface area contributed by atoms with Crippen molar-refractivity contribution in [1.82, 2.24) is 26.0 Å². The van der Waals surface area contributed by atoms with Gasteiger partial charge in [-0.15, -0.1) is 0 Å². The van der Waals surface area contributed by atoms with Crippen LogP contribution in [-0.2, 0) is 20.9 Å². The molecule has 0 atom stereocenters. The number of rotatable bonds is 6. The minimum absolute atomic E-state index is 0.0466. The molecule has 0 radical (unpaired) electrons. The standard InChI is InChI=1S/C24H32FN5O4/c1-16-6-10-24(11-7-16)22(33)30(23(34)27-24)28-20(31)15-29-12-8-18(9-13-29)21(32)26-14-17-2-4-19(25)5-3-17/h2-5,16,18H,6-15H2,1H3,(H,26,32)(H,27,34)(H,28,31). The largest absolute Gasteiger partial charge is 0.352 e.